The molecule has 0 atom stereocenters. The Labute approximate surface area is 474 Å². The van der Waals surface area contributed by atoms with Crippen molar-refractivity contribution in [3.63, 3.8) is 0 Å². The molecule has 0 aromatic heterocycles. The lowest BCUT2D eigenvalue weighted by molar-refractivity contribution is -0.130. The van der Waals surface area contributed by atoms with Gasteiger partial charge in [0, 0.05) is 51.4 Å². The van der Waals surface area contributed by atoms with Crippen LogP contribution >= 0.6 is 0 Å². The fraction of sp³-hybridized carbons (Fsp3) is 0.562. The average Bonchev–Trinajstić information content (AvgIpc) is 3.38. The van der Waals surface area contributed by atoms with Crippen molar-refractivity contribution in [2.75, 3.05) is 26.4 Å². The van der Waals surface area contributed by atoms with Crippen molar-refractivity contribution < 1.29 is 59.0 Å². The van der Waals surface area contributed by atoms with E-state index in [0.717, 1.165) is 89.8 Å². The molecule has 16 nitrogen and oxygen atoms in total. The second-order valence-corrected chi connectivity index (χ2v) is 25.6. The van der Waals surface area contributed by atoms with Crippen LogP contribution in [0.2, 0.25) is 0 Å². The lowest BCUT2D eigenvalue weighted by Crippen LogP contribution is -2.19. The first-order chi connectivity index (χ1) is 37.7. The summed E-state index contributed by atoms with van der Waals surface area (Å²) >= 11 is 0. The number of unbranched alkanes of at least 4 members (excludes halogenated alkanes) is 4. The standard InChI is InChI=1S/C64H92N4O12/c1-61(2,3)49-33-41-29-43-35-50(62(4,5)6)37-45(58(43)78-26-18-14-22-54(70)66-74)31-47-39-52(64(10,11)12)40-48(60(47)80-28-20-16-24-56(72)68-76)32-46-38-51(63(7,8)9)36-44(59(46)79-27-19-15-23-55(71)67-75)30-42(34-49)57(41)77-25-17-13-21-53(69)65-73/h33-40,73-76H,13-32H2,1-12H3,(H,65,69)(H,66,70)(H,67,71)(H,68,72). The molecule has 8 N–H and O–H groups in total. The highest BCUT2D eigenvalue weighted by molar-refractivity contribution is 5.75. The van der Waals surface area contributed by atoms with Crippen molar-refractivity contribution in [2.45, 2.75) is 207 Å². The zero-order valence-electron chi connectivity index (χ0n) is 49.8. The number of fused-ring (bicyclic) bond motifs is 8. The summed E-state index contributed by atoms with van der Waals surface area (Å²) < 4.78 is 28.1. The molecule has 0 unspecified atom stereocenters. The summed E-state index contributed by atoms with van der Waals surface area (Å²) in [6.07, 6.45) is 6.34. The second kappa shape index (κ2) is 29.0. The number of carbonyl (C=O) groups is 4. The second-order valence-electron chi connectivity index (χ2n) is 25.6. The first-order valence-corrected chi connectivity index (χ1v) is 28.5. The van der Waals surface area contributed by atoms with E-state index in [1.54, 1.807) is 21.9 Å². The largest absolute Gasteiger partial charge is 0.493 e. The van der Waals surface area contributed by atoms with Gasteiger partial charge in [0.05, 0.1) is 26.4 Å². The lowest BCUT2D eigenvalue weighted by Gasteiger charge is -2.29. The van der Waals surface area contributed by atoms with E-state index < -0.39 is 23.6 Å². The van der Waals surface area contributed by atoms with Crippen LogP contribution in [0.5, 0.6) is 23.0 Å². The maximum absolute atomic E-state index is 12.1. The SMILES string of the molecule is CC(C)(C)c1cc2c(OCCCCC(=O)NO)c(c1)Cc1cc(C(C)(C)C)cc(c1OCCCCC(=O)NO)Cc1cc(C(C)(C)C)cc(c1OCCCCC(=O)NO)Cc1cc(C(C)(C)C)cc(c1OCCCCC(=O)NO)C2. The first kappa shape index (κ1) is 64.6. The van der Waals surface area contributed by atoms with Gasteiger partial charge in [0.25, 0.3) is 0 Å². The van der Waals surface area contributed by atoms with E-state index in [9.17, 15) is 40.0 Å². The van der Waals surface area contributed by atoms with Crippen molar-refractivity contribution in [1.82, 2.24) is 21.9 Å². The molecule has 0 aliphatic heterocycles. The summed E-state index contributed by atoms with van der Waals surface area (Å²) in [6.45, 7) is 27.6. The highest BCUT2D eigenvalue weighted by Gasteiger charge is 2.30. The van der Waals surface area contributed by atoms with Crippen molar-refractivity contribution in [3.05, 3.63) is 115 Å². The minimum Gasteiger partial charge on any atom is -0.493 e. The third-order valence-corrected chi connectivity index (χ3v) is 14.6. The quantitative estimate of drug-likeness (QED) is 0.0164. The Balaban J connectivity index is 1.93. The molecule has 0 radical (unpaired) electrons. The summed E-state index contributed by atoms with van der Waals surface area (Å²) in [5.74, 6) is 1.03. The monoisotopic (exact) mass is 1110 g/mol. The van der Waals surface area contributed by atoms with Gasteiger partial charge in [0.1, 0.15) is 23.0 Å². The average molecular weight is 1110 g/mol. The van der Waals surface area contributed by atoms with Crippen LogP contribution in [-0.4, -0.2) is 70.9 Å². The van der Waals surface area contributed by atoms with Crippen molar-refractivity contribution in [2.24, 2.45) is 0 Å². The van der Waals surface area contributed by atoms with Crippen LogP contribution in [0.1, 0.15) is 227 Å². The predicted octanol–water partition coefficient (Wildman–Crippen LogP) is 11.8. The molecule has 0 saturated carbocycles. The zero-order chi connectivity index (χ0) is 59.0. The summed E-state index contributed by atoms with van der Waals surface area (Å²) in [5, 5.41) is 37.1. The van der Waals surface area contributed by atoms with Gasteiger partial charge in [-0.3, -0.25) is 40.0 Å². The van der Waals surface area contributed by atoms with E-state index in [2.05, 4.69) is 132 Å². The molecule has 8 bridgehead atoms. The molecule has 4 amide bonds. The fourth-order valence-electron chi connectivity index (χ4n) is 9.83. The molecule has 440 valence electrons. The highest BCUT2D eigenvalue weighted by atomic mass is 16.5. The molecule has 4 aromatic carbocycles. The van der Waals surface area contributed by atoms with Gasteiger partial charge in [-0.1, -0.05) is 132 Å². The van der Waals surface area contributed by atoms with Crippen LogP contribution in [0, 0.1) is 0 Å². The molecule has 0 saturated heterocycles. The number of amides is 4. The van der Waals surface area contributed by atoms with Gasteiger partial charge in [0.15, 0.2) is 0 Å². The van der Waals surface area contributed by atoms with Gasteiger partial charge in [-0.15, -0.1) is 0 Å². The minimum atomic E-state index is -0.462. The molecule has 16 heteroatoms. The molecule has 0 spiro atoms. The fourth-order valence-corrected chi connectivity index (χ4v) is 9.83. The first-order valence-electron chi connectivity index (χ1n) is 28.5. The zero-order valence-corrected chi connectivity index (χ0v) is 49.8. The van der Waals surface area contributed by atoms with Gasteiger partial charge in [-0.25, -0.2) is 21.9 Å². The van der Waals surface area contributed by atoms with Crippen LogP contribution in [0.3, 0.4) is 0 Å². The molecule has 4 aromatic rings. The smallest absolute Gasteiger partial charge is 0.243 e. The molecule has 0 fully saturated rings. The lowest BCUT2D eigenvalue weighted by atomic mass is 9.79. The Morgan fingerprint density at radius 1 is 0.325 bits per heavy atom. The van der Waals surface area contributed by atoms with E-state index in [0.29, 0.717) is 103 Å². The van der Waals surface area contributed by atoms with Crippen LogP contribution in [-0.2, 0) is 66.5 Å². The number of hydrogen-bond acceptors (Lipinski definition) is 12. The predicted molar refractivity (Wildman–Crippen MR) is 309 cm³/mol. The Bertz CT molecular complexity index is 2290. The van der Waals surface area contributed by atoms with Gasteiger partial charge in [0.2, 0.25) is 23.6 Å². The number of hydrogen-bond donors (Lipinski definition) is 8. The molecular formula is C64H92N4O12. The van der Waals surface area contributed by atoms with Crippen molar-refractivity contribution in [1.29, 1.82) is 0 Å². The number of carbonyl (C=O) groups excluding carboxylic acids is 4. The van der Waals surface area contributed by atoms with Crippen molar-refractivity contribution >= 4 is 23.6 Å². The van der Waals surface area contributed by atoms with Crippen LogP contribution in [0.15, 0.2) is 48.5 Å². The number of rotatable bonds is 24. The molecule has 5 rings (SSSR count). The summed E-state index contributed by atoms with van der Waals surface area (Å²) in [4.78, 5) is 48.5. The normalized spacial score (nSPS) is 12.8. The number of benzene rings is 4. The van der Waals surface area contributed by atoms with Gasteiger partial charge >= 0.3 is 0 Å². The van der Waals surface area contributed by atoms with E-state index in [4.69, 9.17) is 18.9 Å². The Hall–Kier alpha value is -6.20. The Morgan fingerprint density at radius 2 is 0.487 bits per heavy atom. The third kappa shape index (κ3) is 19.0. The van der Waals surface area contributed by atoms with Gasteiger partial charge < -0.3 is 18.9 Å². The van der Waals surface area contributed by atoms with Crippen LogP contribution in [0.4, 0.5) is 0 Å². The molecule has 1 aliphatic rings. The number of hydroxylamine groups is 4. The van der Waals surface area contributed by atoms with E-state index >= 15 is 0 Å². The summed E-state index contributed by atoms with van der Waals surface area (Å²) in [6, 6.07) is 18.0. The van der Waals surface area contributed by atoms with Crippen LogP contribution in [0.25, 0.3) is 0 Å². The summed E-state index contributed by atoms with van der Waals surface area (Å²) in [7, 11) is 0. The maximum Gasteiger partial charge on any atom is 0.243 e. The topological polar surface area (TPSA) is 234 Å². The number of ether oxygens (including phenoxy) is 4. The Kier molecular flexibility index (Phi) is 23.4. The molecule has 80 heavy (non-hydrogen) atoms. The van der Waals surface area contributed by atoms with Crippen molar-refractivity contribution in [3.8, 4) is 23.0 Å². The van der Waals surface area contributed by atoms with E-state index in [-0.39, 0.29) is 47.3 Å². The third-order valence-electron chi connectivity index (χ3n) is 14.6. The molecule has 0 heterocycles. The van der Waals surface area contributed by atoms with E-state index in [1.807, 2.05) is 0 Å². The number of nitrogens with one attached hydrogen (secondary N) is 4. The minimum absolute atomic E-state index is 0.138. The maximum atomic E-state index is 12.1. The van der Waals surface area contributed by atoms with E-state index in [1.165, 1.54) is 0 Å². The van der Waals surface area contributed by atoms with Gasteiger partial charge in [-0.05, 0) is 140 Å². The molecular weight excluding hydrogens is 1020 g/mol. The van der Waals surface area contributed by atoms with Crippen LogP contribution < -0.4 is 40.9 Å². The molecule has 1 aliphatic carbocycles. The Morgan fingerprint density at radius 3 is 0.625 bits per heavy atom. The summed E-state index contributed by atoms with van der Waals surface area (Å²) in [5.41, 5.74) is 17.8. The van der Waals surface area contributed by atoms with Gasteiger partial charge in [-0.2, -0.15) is 0 Å². The highest BCUT2D eigenvalue weighted by Crippen LogP contribution is 2.45.